The Balaban J connectivity index is 1.80. The average Bonchev–Trinajstić information content (AvgIpc) is 3.25. The molecule has 6 nitrogen and oxygen atoms in total. The first-order valence-electron chi connectivity index (χ1n) is 8.01. The van der Waals surface area contributed by atoms with Gasteiger partial charge in [-0.05, 0) is 42.7 Å². The van der Waals surface area contributed by atoms with Gasteiger partial charge in [-0.25, -0.2) is 9.18 Å². The zero-order chi connectivity index (χ0) is 17.8. The van der Waals surface area contributed by atoms with Crippen molar-refractivity contribution in [2.45, 2.75) is 25.5 Å². The largest absolute Gasteiger partial charge is 0.475 e. The molecule has 0 bridgehead atoms. The molecule has 1 aromatic heterocycles. The van der Waals surface area contributed by atoms with Crippen LogP contribution in [0.2, 0.25) is 0 Å². The number of rotatable bonds is 6. The van der Waals surface area contributed by atoms with E-state index in [1.807, 2.05) is 0 Å². The number of nitrogens with zero attached hydrogens (tertiary/aromatic N) is 1. The summed E-state index contributed by atoms with van der Waals surface area (Å²) in [6.07, 6.45) is 1.67. The first-order chi connectivity index (χ1) is 12.0. The molecule has 132 valence electrons. The lowest BCUT2D eigenvalue weighted by Crippen LogP contribution is -2.36. The molecule has 7 heteroatoms. The summed E-state index contributed by atoms with van der Waals surface area (Å²) in [4.78, 5) is 25.2. The predicted molar refractivity (Wildman–Crippen MR) is 85.8 cm³/mol. The van der Waals surface area contributed by atoms with E-state index < -0.39 is 11.9 Å². The summed E-state index contributed by atoms with van der Waals surface area (Å²) in [5.74, 6) is -2.44. The van der Waals surface area contributed by atoms with E-state index in [1.54, 1.807) is 12.1 Å². The maximum absolute atomic E-state index is 13.4. The van der Waals surface area contributed by atoms with Crippen LogP contribution in [0.15, 0.2) is 40.8 Å². The van der Waals surface area contributed by atoms with Crippen LogP contribution < -0.4 is 0 Å². The third-order valence-electron chi connectivity index (χ3n) is 4.03. The van der Waals surface area contributed by atoms with E-state index in [9.17, 15) is 14.0 Å². The van der Waals surface area contributed by atoms with Crippen LogP contribution in [0, 0.1) is 5.82 Å². The Bertz CT molecular complexity index is 766. The van der Waals surface area contributed by atoms with Gasteiger partial charge in [0.25, 0.3) is 5.91 Å². The minimum absolute atomic E-state index is 0.0631. The lowest BCUT2D eigenvalue weighted by atomic mass is 10.1. The standard InChI is InChI=1S/C18H18FNO5/c19-13-4-1-3-12(9-13)10-20(11-14-5-2-8-24-14)17(21)15-6-7-16(25-15)18(22)23/h1,3-4,6-7,9,14H,2,5,8,10-11H2,(H,22,23)/t14-/m1/s1. The number of carboxylic acid groups (broad SMARTS) is 1. The van der Waals surface area contributed by atoms with E-state index in [0.717, 1.165) is 12.8 Å². The van der Waals surface area contributed by atoms with Gasteiger partial charge in [-0.2, -0.15) is 0 Å². The number of carbonyl (C=O) groups is 2. The quantitative estimate of drug-likeness (QED) is 0.869. The van der Waals surface area contributed by atoms with Crippen molar-refractivity contribution in [3.8, 4) is 0 Å². The summed E-state index contributed by atoms with van der Waals surface area (Å²) in [6, 6.07) is 8.57. The highest BCUT2D eigenvalue weighted by molar-refractivity contribution is 5.93. The van der Waals surface area contributed by atoms with Gasteiger partial charge in [0.15, 0.2) is 5.76 Å². The van der Waals surface area contributed by atoms with Gasteiger partial charge in [-0.1, -0.05) is 12.1 Å². The van der Waals surface area contributed by atoms with Gasteiger partial charge in [-0.15, -0.1) is 0 Å². The van der Waals surface area contributed by atoms with Crippen molar-refractivity contribution in [2.75, 3.05) is 13.2 Å². The second-order valence-corrected chi connectivity index (χ2v) is 5.92. The Morgan fingerprint density at radius 2 is 2.04 bits per heavy atom. The second kappa shape index (κ2) is 7.48. The van der Waals surface area contributed by atoms with Crippen molar-refractivity contribution in [2.24, 2.45) is 0 Å². The van der Waals surface area contributed by atoms with Gasteiger partial charge >= 0.3 is 5.97 Å². The highest BCUT2D eigenvalue weighted by atomic mass is 19.1. The lowest BCUT2D eigenvalue weighted by molar-refractivity contribution is 0.0479. The van der Waals surface area contributed by atoms with Crippen molar-refractivity contribution in [1.82, 2.24) is 4.90 Å². The molecule has 1 N–H and O–H groups in total. The smallest absolute Gasteiger partial charge is 0.371 e. The molecule has 0 unspecified atom stereocenters. The maximum atomic E-state index is 13.4. The topological polar surface area (TPSA) is 80.0 Å². The van der Waals surface area contributed by atoms with Crippen LogP contribution >= 0.6 is 0 Å². The molecule has 1 atom stereocenters. The Labute approximate surface area is 143 Å². The summed E-state index contributed by atoms with van der Waals surface area (Å²) in [5.41, 5.74) is 0.636. The van der Waals surface area contributed by atoms with Crippen molar-refractivity contribution >= 4 is 11.9 Å². The van der Waals surface area contributed by atoms with E-state index in [2.05, 4.69) is 0 Å². The SMILES string of the molecule is O=C(O)c1ccc(C(=O)N(Cc2cccc(F)c2)C[C@H]2CCCO2)o1. The number of amides is 1. The van der Waals surface area contributed by atoms with Crippen molar-refractivity contribution in [3.05, 3.63) is 59.3 Å². The van der Waals surface area contributed by atoms with Crippen LogP contribution in [0.1, 0.15) is 39.5 Å². The van der Waals surface area contributed by atoms with Gasteiger partial charge in [0.1, 0.15) is 5.82 Å². The third-order valence-corrected chi connectivity index (χ3v) is 4.03. The van der Waals surface area contributed by atoms with Crippen LogP contribution in [0.5, 0.6) is 0 Å². The Kier molecular flexibility index (Phi) is 5.14. The number of furan rings is 1. The molecule has 1 aromatic carbocycles. The fourth-order valence-electron chi connectivity index (χ4n) is 2.83. The van der Waals surface area contributed by atoms with Gasteiger partial charge < -0.3 is 19.2 Å². The second-order valence-electron chi connectivity index (χ2n) is 5.92. The van der Waals surface area contributed by atoms with Crippen LogP contribution in [0.4, 0.5) is 4.39 Å². The van der Waals surface area contributed by atoms with Crippen LogP contribution in [-0.4, -0.2) is 41.1 Å². The van der Waals surface area contributed by atoms with Crippen LogP contribution in [-0.2, 0) is 11.3 Å². The first-order valence-corrected chi connectivity index (χ1v) is 8.01. The molecule has 0 aliphatic carbocycles. The fraction of sp³-hybridized carbons (Fsp3) is 0.333. The van der Waals surface area contributed by atoms with Gasteiger partial charge in [-0.3, -0.25) is 4.79 Å². The minimum Gasteiger partial charge on any atom is -0.475 e. The molecule has 2 heterocycles. The Hall–Kier alpha value is -2.67. The number of ether oxygens (including phenoxy) is 1. The summed E-state index contributed by atoms with van der Waals surface area (Å²) in [7, 11) is 0. The molecule has 2 aromatic rings. The van der Waals surface area contributed by atoms with Crippen LogP contribution in [0.3, 0.4) is 0 Å². The molecule has 25 heavy (non-hydrogen) atoms. The summed E-state index contributed by atoms with van der Waals surface area (Å²) < 4.78 is 24.1. The van der Waals surface area contributed by atoms with Crippen molar-refractivity contribution < 1.29 is 28.2 Å². The van der Waals surface area contributed by atoms with E-state index >= 15 is 0 Å². The minimum atomic E-state index is -1.24. The molecular formula is C18H18FNO5. The Morgan fingerprint density at radius 1 is 1.24 bits per heavy atom. The van der Waals surface area contributed by atoms with Gasteiger partial charge in [0.05, 0.1) is 6.10 Å². The van der Waals surface area contributed by atoms with E-state index in [1.165, 1.54) is 29.2 Å². The average molecular weight is 347 g/mol. The van der Waals surface area contributed by atoms with Crippen LogP contribution in [0.25, 0.3) is 0 Å². The predicted octanol–water partition coefficient (Wildman–Crippen LogP) is 2.94. The van der Waals surface area contributed by atoms with Gasteiger partial charge in [0.2, 0.25) is 5.76 Å². The monoisotopic (exact) mass is 347 g/mol. The highest BCUT2D eigenvalue weighted by Gasteiger charge is 2.26. The molecule has 0 radical (unpaired) electrons. The molecule has 1 saturated heterocycles. The normalized spacial score (nSPS) is 16.8. The molecule has 1 fully saturated rings. The fourth-order valence-corrected chi connectivity index (χ4v) is 2.83. The molecule has 1 aliphatic heterocycles. The van der Waals surface area contributed by atoms with E-state index in [4.69, 9.17) is 14.3 Å². The molecule has 0 saturated carbocycles. The maximum Gasteiger partial charge on any atom is 0.371 e. The number of hydrogen-bond acceptors (Lipinski definition) is 4. The number of carboxylic acids is 1. The summed E-state index contributed by atoms with van der Waals surface area (Å²) in [5, 5.41) is 8.93. The van der Waals surface area contributed by atoms with E-state index in [0.29, 0.717) is 18.7 Å². The van der Waals surface area contributed by atoms with Gasteiger partial charge in [0, 0.05) is 19.7 Å². The molecule has 0 spiro atoms. The summed E-state index contributed by atoms with van der Waals surface area (Å²) >= 11 is 0. The molecule has 3 rings (SSSR count). The number of aromatic carboxylic acids is 1. The Morgan fingerprint density at radius 3 is 2.68 bits per heavy atom. The third kappa shape index (κ3) is 4.24. The molecule has 1 aliphatic rings. The molecule has 1 amide bonds. The molecular weight excluding hydrogens is 329 g/mol. The van der Waals surface area contributed by atoms with E-state index in [-0.39, 0.29) is 30.0 Å². The number of benzene rings is 1. The lowest BCUT2D eigenvalue weighted by Gasteiger charge is -2.24. The van der Waals surface area contributed by atoms with Crippen molar-refractivity contribution in [1.29, 1.82) is 0 Å². The zero-order valence-electron chi connectivity index (χ0n) is 13.5. The highest BCUT2D eigenvalue weighted by Crippen LogP contribution is 2.19. The summed E-state index contributed by atoms with van der Waals surface area (Å²) in [6.45, 7) is 1.16. The van der Waals surface area contributed by atoms with Crippen molar-refractivity contribution in [3.63, 3.8) is 0 Å². The zero-order valence-corrected chi connectivity index (χ0v) is 13.5. The number of halogens is 1. The number of hydrogen-bond donors (Lipinski definition) is 1. The first kappa shape index (κ1) is 17.2. The number of carbonyl (C=O) groups excluding carboxylic acids is 1.